The number of hydrogen-bond donors (Lipinski definition) is 1. The van der Waals surface area contributed by atoms with Gasteiger partial charge in [0.25, 0.3) is 6.01 Å². The lowest BCUT2D eigenvalue weighted by atomic mass is 10.0. The Labute approximate surface area is 111 Å². The molecule has 3 rings (SSSR count). The number of benzene rings is 1. The summed E-state index contributed by atoms with van der Waals surface area (Å²) >= 11 is 0. The van der Waals surface area contributed by atoms with Crippen molar-refractivity contribution in [1.29, 1.82) is 0 Å². The van der Waals surface area contributed by atoms with E-state index in [9.17, 15) is 0 Å². The van der Waals surface area contributed by atoms with E-state index in [1.165, 1.54) is 0 Å². The third-order valence-corrected chi connectivity index (χ3v) is 3.01. The summed E-state index contributed by atoms with van der Waals surface area (Å²) in [5, 5.41) is 0. The standard InChI is InChI=1S/C15H15N3O/c1-3-19-15-17-13-9-12(10(2)16-14(13)18-15)11-7-5-4-6-8-11/h4-9H,3H2,1-2H3,(H,16,17,18). The number of fused-ring (bicyclic) bond motifs is 1. The number of ether oxygens (including phenoxy) is 1. The molecule has 1 aromatic carbocycles. The SMILES string of the molecule is CCOc1nc2nc(C)c(-c3ccccc3)cc2[nH]1. The Hall–Kier alpha value is -2.36. The van der Waals surface area contributed by atoms with E-state index in [2.05, 4.69) is 33.2 Å². The molecule has 1 N–H and O–H groups in total. The Morgan fingerprint density at radius 1 is 1.16 bits per heavy atom. The molecule has 0 amide bonds. The van der Waals surface area contributed by atoms with Gasteiger partial charge >= 0.3 is 0 Å². The number of pyridine rings is 1. The number of aryl methyl sites for hydroxylation is 1. The van der Waals surface area contributed by atoms with E-state index in [0.29, 0.717) is 18.3 Å². The topological polar surface area (TPSA) is 50.8 Å². The number of nitrogens with zero attached hydrogens (tertiary/aromatic N) is 2. The molecule has 2 aromatic heterocycles. The fourth-order valence-corrected chi connectivity index (χ4v) is 2.12. The van der Waals surface area contributed by atoms with Crippen LogP contribution >= 0.6 is 0 Å². The van der Waals surface area contributed by atoms with Crippen molar-refractivity contribution in [2.24, 2.45) is 0 Å². The Morgan fingerprint density at radius 2 is 1.95 bits per heavy atom. The monoisotopic (exact) mass is 253 g/mol. The van der Waals surface area contributed by atoms with Crippen molar-refractivity contribution in [2.75, 3.05) is 6.61 Å². The van der Waals surface area contributed by atoms with E-state index in [1.807, 2.05) is 32.0 Å². The van der Waals surface area contributed by atoms with Crippen molar-refractivity contribution in [3.05, 3.63) is 42.1 Å². The fraction of sp³-hybridized carbons (Fsp3) is 0.200. The molecule has 0 fully saturated rings. The van der Waals surface area contributed by atoms with Crippen molar-refractivity contribution in [3.8, 4) is 17.1 Å². The van der Waals surface area contributed by atoms with Crippen LogP contribution < -0.4 is 4.74 Å². The molecule has 4 nitrogen and oxygen atoms in total. The lowest BCUT2D eigenvalue weighted by molar-refractivity contribution is 0.317. The number of H-pyrrole nitrogens is 1. The molecule has 0 radical (unpaired) electrons. The van der Waals surface area contributed by atoms with Crippen molar-refractivity contribution in [1.82, 2.24) is 15.0 Å². The summed E-state index contributed by atoms with van der Waals surface area (Å²) in [7, 11) is 0. The predicted octanol–water partition coefficient (Wildman–Crippen LogP) is 3.33. The zero-order chi connectivity index (χ0) is 13.2. The maximum absolute atomic E-state index is 5.37. The van der Waals surface area contributed by atoms with Crippen molar-refractivity contribution in [2.45, 2.75) is 13.8 Å². The van der Waals surface area contributed by atoms with Crippen molar-refractivity contribution in [3.63, 3.8) is 0 Å². The molecule has 0 unspecified atom stereocenters. The zero-order valence-corrected chi connectivity index (χ0v) is 11.0. The highest BCUT2D eigenvalue weighted by Crippen LogP contribution is 2.26. The van der Waals surface area contributed by atoms with Crippen LogP contribution in [0.15, 0.2) is 36.4 Å². The minimum atomic E-state index is 0.523. The summed E-state index contributed by atoms with van der Waals surface area (Å²) in [5.41, 5.74) is 4.82. The molecule has 3 aromatic rings. The Kier molecular flexibility index (Phi) is 2.91. The van der Waals surface area contributed by atoms with Crippen LogP contribution in [0.4, 0.5) is 0 Å². The van der Waals surface area contributed by atoms with Crippen LogP contribution in [0.2, 0.25) is 0 Å². The molecule has 0 aliphatic heterocycles. The molecule has 0 aliphatic carbocycles. The van der Waals surface area contributed by atoms with Crippen LogP contribution in [0.25, 0.3) is 22.3 Å². The van der Waals surface area contributed by atoms with E-state index in [4.69, 9.17) is 4.74 Å². The third-order valence-electron chi connectivity index (χ3n) is 3.01. The summed E-state index contributed by atoms with van der Waals surface area (Å²) in [5.74, 6) is 0. The normalized spacial score (nSPS) is 10.8. The molecule has 2 heterocycles. The van der Waals surface area contributed by atoms with Gasteiger partial charge in [0.2, 0.25) is 0 Å². The van der Waals surface area contributed by atoms with Crippen LogP contribution in [0.3, 0.4) is 0 Å². The van der Waals surface area contributed by atoms with Gasteiger partial charge in [-0.2, -0.15) is 4.98 Å². The smallest absolute Gasteiger partial charge is 0.296 e. The molecule has 0 atom stereocenters. The van der Waals surface area contributed by atoms with Crippen LogP contribution in [-0.4, -0.2) is 21.6 Å². The van der Waals surface area contributed by atoms with Gasteiger partial charge in [0.1, 0.15) is 0 Å². The molecule has 4 heteroatoms. The summed E-state index contributed by atoms with van der Waals surface area (Å²) in [6.45, 7) is 4.52. The minimum absolute atomic E-state index is 0.523. The Bertz CT molecular complexity index is 704. The maximum atomic E-state index is 5.37. The molecule has 19 heavy (non-hydrogen) atoms. The van der Waals surface area contributed by atoms with E-state index in [1.54, 1.807) is 0 Å². The first-order chi connectivity index (χ1) is 9.28. The number of imidazole rings is 1. The summed E-state index contributed by atoms with van der Waals surface area (Å²) in [4.78, 5) is 12.0. The predicted molar refractivity (Wildman–Crippen MR) is 75.2 cm³/mol. The van der Waals surface area contributed by atoms with Crippen molar-refractivity contribution < 1.29 is 4.74 Å². The van der Waals surface area contributed by atoms with Gasteiger partial charge in [0, 0.05) is 11.3 Å². The zero-order valence-electron chi connectivity index (χ0n) is 11.0. The lowest BCUT2D eigenvalue weighted by Gasteiger charge is -2.04. The second kappa shape index (κ2) is 4.72. The van der Waals surface area contributed by atoms with Crippen LogP contribution in [-0.2, 0) is 0 Å². The van der Waals surface area contributed by atoms with Crippen LogP contribution in [0.5, 0.6) is 6.01 Å². The van der Waals surface area contributed by atoms with Crippen LogP contribution in [0.1, 0.15) is 12.6 Å². The number of rotatable bonds is 3. The first-order valence-corrected chi connectivity index (χ1v) is 6.33. The van der Waals surface area contributed by atoms with Gasteiger partial charge in [-0.15, -0.1) is 0 Å². The van der Waals surface area contributed by atoms with E-state index in [0.717, 1.165) is 22.3 Å². The summed E-state index contributed by atoms with van der Waals surface area (Å²) < 4.78 is 5.37. The number of aromatic nitrogens is 3. The quantitative estimate of drug-likeness (QED) is 0.779. The van der Waals surface area contributed by atoms with Gasteiger partial charge in [-0.25, -0.2) is 4.98 Å². The Balaban J connectivity index is 2.13. The molecule has 0 saturated carbocycles. The lowest BCUT2D eigenvalue weighted by Crippen LogP contribution is -1.92. The van der Waals surface area contributed by atoms with Gasteiger partial charge in [-0.05, 0) is 25.5 Å². The second-order valence-corrected chi connectivity index (χ2v) is 4.33. The first-order valence-electron chi connectivity index (χ1n) is 6.33. The van der Waals surface area contributed by atoms with Gasteiger partial charge < -0.3 is 9.72 Å². The highest BCUT2D eigenvalue weighted by molar-refractivity contribution is 5.80. The highest BCUT2D eigenvalue weighted by Gasteiger charge is 2.09. The molecular formula is C15H15N3O. The first kappa shape index (κ1) is 11.7. The molecule has 0 saturated heterocycles. The minimum Gasteiger partial charge on any atom is -0.465 e. The average Bonchev–Trinajstić information content (AvgIpc) is 2.80. The van der Waals surface area contributed by atoms with Gasteiger partial charge in [0.05, 0.1) is 12.1 Å². The molecular weight excluding hydrogens is 238 g/mol. The van der Waals surface area contributed by atoms with Gasteiger partial charge in [-0.3, -0.25) is 0 Å². The second-order valence-electron chi connectivity index (χ2n) is 4.33. The van der Waals surface area contributed by atoms with E-state index < -0.39 is 0 Å². The van der Waals surface area contributed by atoms with Gasteiger partial charge in [-0.1, -0.05) is 30.3 Å². The number of aromatic amines is 1. The maximum Gasteiger partial charge on any atom is 0.296 e. The summed E-state index contributed by atoms with van der Waals surface area (Å²) in [6.07, 6.45) is 0. The number of nitrogens with one attached hydrogen (secondary N) is 1. The van der Waals surface area contributed by atoms with E-state index >= 15 is 0 Å². The number of hydrogen-bond acceptors (Lipinski definition) is 3. The fourth-order valence-electron chi connectivity index (χ4n) is 2.12. The summed E-state index contributed by atoms with van der Waals surface area (Å²) in [6, 6.07) is 12.8. The molecule has 96 valence electrons. The van der Waals surface area contributed by atoms with Gasteiger partial charge in [0.15, 0.2) is 5.65 Å². The Morgan fingerprint density at radius 3 is 2.68 bits per heavy atom. The third kappa shape index (κ3) is 2.17. The molecule has 0 aliphatic rings. The van der Waals surface area contributed by atoms with Crippen molar-refractivity contribution >= 4 is 11.2 Å². The molecule has 0 bridgehead atoms. The average molecular weight is 253 g/mol. The largest absolute Gasteiger partial charge is 0.465 e. The molecule has 0 spiro atoms. The van der Waals surface area contributed by atoms with E-state index in [-0.39, 0.29) is 0 Å². The van der Waals surface area contributed by atoms with Crippen LogP contribution in [0, 0.1) is 6.92 Å². The highest BCUT2D eigenvalue weighted by atomic mass is 16.5.